The van der Waals surface area contributed by atoms with Gasteiger partial charge in [-0.05, 0) is 40.2 Å². The van der Waals surface area contributed by atoms with Crippen LogP contribution in [0.1, 0.15) is 5.56 Å². The minimum Gasteiger partial charge on any atom is -0.497 e. The van der Waals surface area contributed by atoms with Gasteiger partial charge in [0.1, 0.15) is 16.5 Å². The molecule has 0 spiro atoms. The maximum Gasteiger partial charge on any atom is 0.145 e. The molecule has 0 aliphatic heterocycles. The van der Waals surface area contributed by atoms with Gasteiger partial charge in [0.2, 0.25) is 0 Å². The predicted molar refractivity (Wildman–Crippen MR) is 92.9 cm³/mol. The summed E-state index contributed by atoms with van der Waals surface area (Å²) in [4.78, 5) is 0.317. The van der Waals surface area contributed by atoms with Crippen molar-refractivity contribution in [2.75, 3.05) is 19.5 Å². The summed E-state index contributed by atoms with van der Waals surface area (Å²) in [5.74, 6) is 1.39. The summed E-state index contributed by atoms with van der Waals surface area (Å²) in [6.45, 7) is 0. The zero-order valence-electron chi connectivity index (χ0n) is 11.6. The van der Waals surface area contributed by atoms with Gasteiger partial charge < -0.3 is 20.5 Å². The Kier molecular flexibility index (Phi) is 5.03. The van der Waals surface area contributed by atoms with E-state index in [0.717, 1.165) is 27.2 Å². The van der Waals surface area contributed by atoms with Crippen LogP contribution < -0.4 is 20.5 Å². The van der Waals surface area contributed by atoms with Crippen LogP contribution in [0, 0.1) is 0 Å². The number of hydrogen-bond donors (Lipinski definition) is 2. The Morgan fingerprint density at radius 3 is 2.52 bits per heavy atom. The summed E-state index contributed by atoms with van der Waals surface area (Å²) >= 11 is 8.57. The first-order valence-corrected chi connectivity index (χ1v) is 7.34. The third kappa shape index (κ3) is 3.46. The SMILES string of the molecule is COc1ccc(Nc2cccc(Br)c2C(N)=S)c(OC)c1. The van der Waals surface area contributed by atoms with Crippen molar-refractivity contribution in [3.05, 3.63) is 46.4 Å². The number of benzene rings is 2. The quantitative estimate of drug-likeness (QED) is 0.787. The lowest BCUT2D eigenvalue weighted by Crippen LogP contribution is -2.13. The van der Waals surface area contributed by atoms with Crippen molar-refractivity contribution in [2.24, 2.45) is 5.73 Å². The second kappa shape index (κ2) is 6.78. The van der Waals surface area contributed by atoms with Crippen molar-refractivity contribution >= 4 is 44.5 Å². The van der Waals surface area contributed by atoms with Crippen LogP contribution in [0.15, 0.2) is 40.9 Å². The minimum absolute atomic E-state index is 0.317. The summed E-state index contributed by atoms with van der Waals surface area (Å²) in [5.41, 5.74) is 8.16. The van der Waals surface area contributed by atoms with Gasteiger partial charge in [0.15, 0.2) is 0 Å². The summed E-state index contributed by atoms with van der Waals surface area (Å²) in [7, 11) is 3.22. The topological polar surface area (TPSA) is 56.5 Å². The fourth-order valence-electron chi connectivity index (χ4n) is 1.93. The molecule has 0 atom stereocenters. The van der Waals surface area contributed by atoms with Gasteiger partial charge in [-0.1, -0.05) is 18.3 Å². The van der Waals surface area contributed by atoms with E-state index in [1.54, 1.807) is 20.3 Å². The van der Waals surface area contributed by atoms with Crippen LogP contribution in [-0.2, 0) is 0 Å². The Morgan fingerprint density at radius 2 is 1.90 bits per heavy atom. The first kappa shape index (κ1) is 15.6. The van der Waals surface area contributed by atoms with Crippen molar-refractivity contribution < 1.29 is 9.47 Å². The molecule has 21 heavy (non-hydrogen) atoms. The molecule has 0 unspecified atom stereocenters. The zero-order chi connectivity index (χ0) is 15.4. The molecule has 3 N–H and O–H groups in total. The summed E-state index contributed by atoms with van der Waals surface area (Å²) in [6, 6.07) is 11.2. The lowest BCUT2D eigenvalue weighted by atomic mass is 10.1. The Morgan fingerprint density at radius 1 is 1.14 bits per heavy atom. The third-order valence-corrected chi connectivity index (χ3v) is 3.80. The molecule has 0 radical (unpaired) electrons. The maximum absolute atomic E-state index is 5.80. The van der Waals surface area contributed by atoms with Crippen LogP contribution in [0.3, 0.4) is 0 Å². The van der Waals surface area contributed by atoms with Gasteiger partial charge in [0.25, 0.3) is 0 Å². The van der Waals surface area contributed by atoms with E-state index in [0.29, 0.717) is 10.7 Å². The summed E-state index contributed by atoms with van der Waals surface area (Å²) in [6.07, 6.45) is 0. The number of halogens is 1. The molecule has 0 aromatic heterocycles. The fourth-order valence-corrected chi connectivity index (χ4v) is 2.86. The van der Waals surface area contributed by atoms with E-state index >= 15 is 0 Å². The largest absolute Gasteiger partial charge is 0.497 e. The molecule has 0 saturated carbocycles. The lowest BCUT2D eigenvalue weighted by molar-refractivity contribution is 0.395. The monoisotopic (exact) mass is 366 g/mol. The Hall–Kier alpha value is -1.79. The van der Waals surface area contributed by atoms with Crippen LogP contribution in [0.4, 0.5) is 11.4 Å². The second-order valence-electron chi connectivity index (χ2n) is 4.22. The van der Waals surface area contributed by atoms with E-state index in [-0.39, 0.29) is 0 Å². The third-order valence-electron chi connectivity index (χ3n) is 2.94. The number of rotatable bonds is 5. The van der Waals surface area contributed by atoms with Gasteiger partial charge in [0, 0.05) is 21.8 Å². The molecular weight excluding hydrogens is 352 g/mol. The van der Waals surface area contributed by atoms with Crippen molar-refractivity contribution in [3.63, 3.8) is 0 Å². The van der Waals surface area contributed by atoms with Crippen LogP contribution in [0.2, 0.25) is 0 Å². The molecular formula is C15H15BrN2O2S. The summed E-state index contributed by atoms with van der Waals surface area (Å²) < 4.78 is 11.4. The number of thiocarbonyl (C=S) groups is 1. The fraction of sp³-hybridized carbons (Fsp3) is 0.133. The molecule has 0 heterocycles. The highest BCUT2D eigenvalue weighted by molar-refractivity contribution is 9.10. The van der Waals surface area contributed by atoms with E-state index in [4.69, 9.17) is 27.4 Å². The molecule has 2 rings (SSSR count). The van der Waals surface area contributed by atoms with Gasteiger partial charge in [-0.2, -0.15) is 0 Å². The molecule has 110 valence electrons. The van der Waals surface area contributed by atoms with Gasteiger partial charge in [-0.15, -0.1) is 0 Å². The number of ether oxygens (including phenoxy) is 2. The van der Waals surface area contributed by atoms with Crippen LogP contribution >= 0.6 is 28.1 Å². The first-order valence-electron chi connectivity index (χ1n) is 6.14. The van der Waals surface area contributed by atoms with Gasteiger partial charge in [-0.3, -0.25) is 0 Å². The average molecular weight is 367 g/mol. The molecule has 2 aromatic carbocycles. The molecule has 0 bridgehead atoms. The van der Waals surface area contributed by atoms with E-state index in [9.17, 15) is 0 Å². The Balaban J connectivity index is 2.43. The standard InChI is InChI=1S/C15H15BrN2O2S/c1-19-9-6-7-11(13(8-9)20-2)18-12-5-3-4-10(16)14(12)15(17)21/h3-8,18H,1-2H3,(H2,17,21). The molecule has 4 nitrogen and oxygen atoms in total. The molecule has 0 amide bonds. The molecule has 0 saturated heterocycles. The number of anilines is 2. The van der Waals surface area contributed by atoms with E-state index in [2.05, 4.69) is 21.2 Å². The lowest BCUT2D eigenvalue weighted by Gasteiger charge is -2.15. The average Bonchev–Trinajstić information content (AvgIpc) is 2.47. The van der Waals surface area contributed by atoms with Crippen LogP contribution in [0.25, 0.3) is 0 Å². The molecule has 0 aliphatic carbocycles. The van der Waals surface area contributed by atoms with Crippen molar-refractivity contribution in [1.29, 1.82) is 0 Å². The van der Waals surface area contributed by atoms with Crippen LogP contribution in [0.5, 0.6) is 11.5 Å². The van der Waals surface area contributed by atoms with E-state index < -0.39 is 0 Å². The Bertz CT molecular complexity index is 677. The van der Waals surface area contributed by atoms with Crippen molar-refractivity contribution in [2.45, 2.75) is 0 Å². The smallest absolute Gasteiger partial charge is 0.145 e. The number of nitrogens with one attached hydrogen (secondary N) is 1. The molecule has 6 heteroatoms. The van der Waals surface area contributed by atoms with E-state index in [1.807, 2.05) is 30.3 Å². The first-order chi connectivity index (χ1) is 10.1. The van der Waals surface area contributed by atoms with Gasteiger partial charge in [-0.25, -0.2) is 0 Å². The summed E-state index contributed by atoms with van der Waals surface area (Å²) in [5, 5.41) is 3.29. The van der Waals surface area contributed by atoms with E-state index in [1.165, 1.54) is 0 Å². The number of hydrogen-bond acceptors (Lipinski definition) is 4. The van der Waals surface area contributed by atoms with Crippen LogP contribution in [-0.4, -0.2) is 19.2 Å². The van der Waals surface area contributed by atoms with Crippen molar-refractivity contribution in [3.8, 4) is 11.5 Å². The minimum atomic E-state index is 0.317. The maximum atomic E-state index is 5.80. The molecule has 2 aromatic rings. The number of methoxy groups -OCH3 is 2. The Labute approximate surface area is 137 Å². The molecule has 0 aliphatic rings. The van der Waals surface area contributed by atoms with Crippen molar-refractivity contribution in [1.82, 2.24) is 0 Å². The molecule has 0 fully saturated rings. The number of nitrogens with two attached hydrogens (primary N) is 1. The normalized spacial score (nSPS) is 10.0. The second-order valence-corrected chi connectivity index (χ2v) is 5.51. The van der Waals surface area contributed by atoms with Gasteiger partial charge in [0.05, 0.1) is 19.9 Å². The predicted octanol–water partition coefficient (Wildman–Crippen LogP) is 3.84. The zero-order valence-corrected chi connectivity index (χ0v) is 14.0. The highest BCUT2D eigenvalue weighted by Crippen LogP contribution is 2.34. The highest BCUT2D eigenvalue weighted by Gasteiger charge is 2.12. The highest BCUT2D eigenvalue weighted by atomic mass is 79.9. The van der Waals surface area contributed by atoms with Gasteiger partial charge >= 0.3 is 0 Å².